The number of carbonyl (C=O) groups is 2. The molecule has 0 radical (unpaired) electrons. The van der Waals surface area contributed by atoms with Gasteiger partial charge in [0.05, 0.1) is 14.2 Å². The van der Waals surface area contributed by atoms with Crippen LogP contribution in [-0.2, 0) is 23.8 Å². The minimum atomic E-state index is -1.49. The Hall–Kier alpha value is -1.60. The number of esters is 2. The van der Waals surface area contributed by atoms with Crippen molar-refractivity contribution in [3.05, 3.63) is 11.8 Å². The highest BCUT2D eigenvalue weighted by atomic mass is 16.6. The number of rotatable bonds is 2. The predicted octanol–water partition coefficient (Wildman–Crippen LogP) is -1.66. The van der Waals surface area contributed by atoms with E-state index in [1.807, 2.05) is 0 Å². The summed E-state index contributed by atoms with van der Waals surface area (Å²) in [7, 11) is 2.22. The van der Waals surface area contributed by atoms with Gasteiger partial charge in [-0.05, 0) is 6.08 Å². The van der Waals surface area contributed by atoms with Crippen molar-refractivity contribution >= 4 is 11.9 Å². The Bertz CT molecular complexity index is 322. The molecule has 1 aliphatic heterocycles. The molecule has 2 N–H and O–H groups in total. The van der Waals surface area contributed by atoms with Crippen molar-refractivity contribution in [3.63, 3.8) is 0 Å². The first-order chi connectivity index (χ1) is 7.51. The van der Waals surface area contributed by atoms with Gasteiger partial charge in [-0.25, -0.2) is 9.59 Å². The Morgan fingerprint density at radius 2 is 1.94 bits per heavy atom. The van der Waals surface area contributed by atoms with Gasteiger partial charge < -0.3 is 24.4 Å². The van der Waals surface area contributed by atoms with Gasteiger partial charge in [0, 0.05) is 0 Å². The largest absolute Gasteiger partial charge is 0.468 e. The third kappa shape index (κ3) is 2.31. The fourth-order valence-corrected chi connectivity index (χ4v) is 1.20. The molecule has 3 atom stereocenters. The summed E-state index contributed by atoms with van der Waals surface area (Å²) in [6.07, 6.45) is -3.36. The Morgan fingerprint density at radius 3 is 2.44 bits per heavy atom. The first-order valence-electron chi connectivity index (χ1n) is 4.42. The number of aliphatic hydroxyl groups excluding tert-OH is 2. The van der Waals surface area contributed by atoms with Gasteiger partial charge in [-0.1, -0.05) is 0 Å². The van der Waals surface area contributed by atoms with E-state index in [2.05, 4.69) is 9.47 Å². The number of ether oxygens (including phenoxy) is 3. The monoisotopic (exact) mass is 232 g/mol. The van der Waals surface area contributed by atoms with Gasteiger partial charge in [0.1, 0.15) is 12.2 Å². The normalized spacial score (nSPS) is 28.8. The van der Waals surface area contributed by atoms with Gasteiger partial charge in [-0.2, -0.15) is 0 Å². The summed E-state index contributed by atoms with van der Waals surface area (Å²) >= 11 is 0. The summed E-state index contributed by atoms with van der Waals surface area (Å²) in [5.74, 6) is -2.07. The van der Waals surface area contributed by atoms with E-state index in [0.717, 1.165) is 20.3 Å². The van der Waals surface area contributed by atoms with Gasteiger partial charge in [0.15, 0.2) is 0 Å². The lowest BCUT2D eigenvalue weighted by Crippen LogP contribution is -2.47. The third-order valence-corrected chi connectivity index (χ3v) is 2.06. The molecule has 0 spiro atoms. The van der Waals surface area contributed by atoms with E-state index in [4.69, 9.17) is 4.74 Å². The molecule has 7 heteroatoms. The van der Waals surface area contributed by atoms with Gasteiger partial charge in [-0.15, -0.1) is 0 Å². The summed E-state index contributed by atoms with van der Waals surface area (Å²) in [4.78, 5) is 22.3. The lowest BCUT2D eigenvalue weighted by Gasteiger charge is -2.28. The molecule has 0 fully saturated rings. The second-order valence-electron chi connectivity index (χ2n) is 3.07. The number of aliphatic hydroxyl groups is 2. The molecule has 0 saturated heterocycles. The van der Waals surface area contributed by atoms with E-state index in [9.17, 15) is 19.8 Å². The number of hydrogen-bond donors (Lipinski definition) is 2. The van der Waals surface area contributed by atoms with Crippen LogP contribution in [0.5, 0.6) is 0 Å². The van der Waals surface area contributed by atoms with Crippen molar-refractivity contribution in [3.8, 4) is 0 Å². The molecule has 3 unspecified atom stereocenters. The average Bonchev–Trinajstić information content (AvgIpc) is 2.30. The maximum atomic E-state index is 11.2. The van der Waals surface area contributed by atoms with Crippen LogP contribution in [0.25, 0.3) is 0 Å². The molecule has 7 nitrogen and oxygen atoms in total. The smallest absolute Gasteiger partial charge is 0.373 e. The zero-order chi connectivity index (χ0) is 12.3. The molecule has 0 aromatic carbocycles. The van der Waals surface area contributed by atoms with Crippen molar-refractivity contribution in [2.45, 2.75) is 18.3 Å². The second-order valence-corrected chi connectivity index (χ2v) is 3.07. The molecule has 0 aliphatic carbocycles. The first-order valence-corrected chi connectivity index (χ1v) is 4.42. The lowest BCUT2D eigenvalue weighted by molar-refractivity contribution is -0.168. The van der Waals surface area contributed by atoms with Gasteiger partial charge in [0.25, 0.3) is 0 Å². The Morgan fingerprint density at radius 1 is 1.31 bits per heavy atom. The van der Waals surface area contributed by atoms with E-state index in [-0.39, 0.29) is 5.76 Å². The molecule has 0 amide bonds. The van der Waals surface area contributed by atoms with Crippen molar-refractivity contribution < 1.29 is 34.0 Å². The fourth-order valence-electron chi connectivity index (χ4n) is 1.20. The van der Waals surface area contributed by atoms with Crippen LogP contribution in [-0.4, -0.2) is 54.7 Å². The summed E-state index contributed by atoms with van der Waals surface area (Å²) in [5, 5.41) is 18.8. The van der Waals surface area contributed by atoms with E-state index in [1.54, 1.807) is 0 Å². The zero-order valence-electron chi connectivity index (χ0n) is 8.75. The molecule has 0 aromatic heterocycles. The number of hydrogen-bond acceptors (Lipinski definition) is 7. The SMILES string of the molecule is COC(=O)C1=CC(O)C(O)C(C(=O)OC)O1. The summed E-state index contributed by atoms with van der Waals surface area (Å²) in [5.41, 5.74) is 0. The molecule has 0 saturated carbocycles. The molecule has 16 heavy (non-hydrogen) atoms. The Balaban J connectivity index is 2.90. The van der Waals surface area contributed by atoms with Gasteiger partial charge >= 0.3 is 11.9 Å². The maximum Gasteiger partial charge on any atom is 0.373 e. The minimum Gasteiger partial charge on any atom is -0.468 e. The van der Waals surface area contributed by atoms with Crippen molar-refractivity contribution in [1.29, 1.82) is 0 Å². The number of methoxy groups -OCH3 is 2. The van der Waals surface area contributed by atoms with Crippen LogP contribution < -0.4 is 0 Å². The second kappa shape index (κ2) is 4.95. The molecule has 1 aliphatic rings. The fraction of sp³-hybridized carbons (Fsp3) is 0.556. The van der Waals surface area contributed by atoms with Crippen LogP contribution in [0, 0.1) is 0 Å². The Labute approximate surface area is 91.2 Å². The maximum absolute atomic E-state index is 11.2. The van der Waals surface area contributed by atoms with Crippen LogP contribution in [0.4, 0.5) is 0 Å². The van der Waals surface area contributed by atoms with Crippen molar-refractivity contribution in [1.82, 2.24) is 0 Å². The topological polar surface area (TPSA) is 102 Å². The molecule has 1 heterocycles. The quantitative estimate of drug-likeness (QED) is 0.549. The highest BCUT2D eigenvalue weighted by molar-refractivity contribution is 5.87. The lowest BCUT2D eigenvalue weighted by atomic mass is 10.0. The van der Waals surface area contributed by atoms with E-state index >= 15 is 0 Å². The predicted molar refractivity (Wildman–Crippen MR) is 49.0 cm³/mol. The highest BCUT2D eigenvalue weighted by Gasteiger charge is 2.40. The van der Waals surface area contributed by atoms with Crippen LogP contribution in [0.2, 0.25) is 0 Å². The highest BCUT2D eigenvalue weighted by Crippen LogP contribution is 2.20. The first kappa shape index (κ1) is 12.5. The van der Waals surface area contributed by atoms with Crippen LogP contribution in [0.1, 0.15) is 0 Å². The summed E-state index contributed by atoms with van der Waals surface area (Å²) < 4.78 is 13.6. The molecule has 1 rings (SSSR count). The zero-order valence-corrected chi connectivity index (χ0v) is 8.75. The molecule has 0 aromatic rings. The van der Waals surface area contributed by atoms with E-state index in [0.29, 0.717) is 0 Å². The minimum absolute atomic E-state index is 0.337. The van der Waals surface area contributed by atoms with Crippen molar-refractivity contribution in [2.75, 3.05) is 14.2 Å². The number of carbonyl (C=O) groups excluding carboxylic acids is 2. The van der Waals surface area contributed by atoms with Crippen LogP contribution in [0.15, 0.2) is 11.8 Å². The summed E-state index contributed by atoms with van der Waals surface area (Å²) in [6.45, 7) is 0. The Kier molecular flexibility index (Phi) is 3.86. The average molecular weight is 232 g/mol. The molecular formula is C9H12O7. The van der Waals surface area contributed by atoms with Gasteiger partial charge in [0.2, 0.25) is 11.9 Å². The molecule has 90 valence electrons. The molecular weight excluding hydrogens is 220 g/mol. The van der Waals surface area contributed by atoms with Crippen molar-refractivity contribution in [2.24, 2.45) is 0 Å². The third-order valence-electron chi connectivity index (χ3n) is 2.06. The van der Waals surface area contributed by atoms with Crippen LogP contribution >= 0.6 is 0 Å². The van der Waals surface area contributed by atoms with Crippen LogP contribution in [0.3, 0.4) is 0 Å². The van der Waals surface area contributed by atoms with Gasteiger partial charge in [-0.3, -0.25) is 0 Å². The standard InChI is InChI=1S/C9H12O7/c1-14-8(12)5-3-4(10)6(11)7(16-5)9(13)15-2/h3-4,6-7,10-11H,1-2H3. The van der Waals surface area contributed by atoms with E-state index in [1.165, 1.54) is 0 Å². The van der Waals surface area contributed by atoms with E-state index < -0.39 is 30.3 Å². The summed E-state index contributed by atoms with van der Waals surface area (Å²) in [6, 6.07) is 0. The molecule has 0 bridgehead atoms.